The lowest BCUT2D eigenvalue weighted by atomic mass is 9.39. The Hall–Kier alpha value is -0.330. The van der Waals surface area contributed by atoms with E-state index in [0.717, 1.165) is 18.8 Å². The third kappa shape index (κ3) is 2.46. The van der Waals surface area contributed by atoms with E-state index in [2.05, 4.69) is 20.8 Å². The molecule has 4 aliphatic rings. The van der Waals surface area contributed by atoms with Gasteiger partial charge in [0.25, 0.3) is 0 Å². The van der Waals surface area contributed by atoms with Crippen LogP contribution in [0.15, 0.2) is 0 Å². The fraction of sp³-hybridized carbons (Fsp3) is 0.947. The van der Waals surface area contributed by atoms with Gasteiger partial charge < -0.3 is 0 Å². The van der Waals surface area contributed by atoms with Crippen molar-refractivity contribution in [1.29, 1.82) is 0 Å². The summed E-state index contributed by atoms with van der Waals surface area (Å²) in [5.41, 5.74) is 1.05. The van der Waals surface area contributed by atoms with E-state index >= 15 is 0 Å². The lowest BCUT2D eigenvalue weighted by Crippen LogP contribution is -2.57. The predicted molar refractivity (Wildman–Crippen MR) is 83.6 cm³/mol. The van der Waals surface area contributed by atoms with Gasteiger partial charge in [0.05, 0.1) is 0 Å². The molecular formula is C19H32O. The van der Waals surface area contributed by atoms with E-state index in [1.54, 1.807) is 0 Å². The molecule has 4 fully saturated rings. The van der Waals surface area contributed by atoms with E-state index < -0.39 is 0 Å². The highest BCUT2D eigenvalue weighted by Gasteiger charge is 2.62. The second-order valence-corrected chi connectivity index (χ2v) is 9.14. The fourth-order valence-corrected chi connectivity index (χ4v) is 6.74. The molecule has 0 N–H and O–H groups in total. The fourth-order valence-electron chi connectivity index (χ4n) is 6.74. The van der Waals surface area contributed by atoms with Crippen LogP contribution in [-0.2, 0) is 4.79 Å². The van der Waals surface area contributed by atoms with E-state index in [4.69, 9.17) is 0 Å². The number of Topliss-reactive ketones (excluding diaryl/α,β-unsaturated/α-hetero) is 1. The number of carbonyl (C=O) groups is 1. The summed E-state index contributed by atoms with van der Waals surface area (Å²) in [4.78, 5) is 12.9. The molecule has 0 aliphatic heterocycles. The molecule has 2 atom stereocenters. The minimum atomic E-state index is 0.0924. The Labute approximate surface area is 124 Å². The van der Waals surface area contributed by atoms with Crippen LogP contribution in [0.5, 0.6) is 0 Å². The molecule has 0 aromatic heterocycles. The van der Waals surface area contributed by atoms with Crippen LogP contribution in [0, 0.1) is 22.2 Å². The van der Waals surface area contributed by atoms with Gasteiger partial charge in [0.1, 0.15) is 5.78 Å². The highest BCUT2D eigenvalue weighted by molar-refractivity contribution is 5.85. The van der Waals surface area contributed by atoms with Crippen molar-refractivity contribution in [2.75, 3.05) is 0 Å². The number of rotatable bonds is 6. The van der Waals surface area contributed by atoms with Crippen molar-refractivity contribution >= 4 is 5.78 Å². The smallest absolute Gasteiger partial charge is 0.139 e. The maximum Gasteiger partial charge on any atom is 0.139 e. The average molecular weight is 276 g/mol. The van der Waals surface area contributed by atoms with Crippen LogP contribution in [0.4, 0.5) is 0 Å². The molecule has 4 saturated carbocycles. The van der Waals surface area contributed by atoms with E-state index in [1.807, 2.05) is 0 Å². The molecule has 0 spiro atoms. The monoisotopic (exact) mass is 276 g/mol. The highest BCUT2D eigenvalue weighted by atomic mass is 16.1. The van der Waals surface area contributed by atoms with Crippen LogP contribution in [0.3, 0.4) is 0 Å². The number of ketones is 1. The summed E-state index contributed by atoms with van der Waals surface area (Å²) in [5, 5.41) is 0. The van der Waals surface area contributed by atoms with E-state index in [9.17, 15) is 4.79 Å². The van der Waals surface area contributed by atoms with Crippen LogP contribution in [0.1, 0.15) is 91.4 Å². The largest absolute Gasteiger partial charge is 0.299 e. The Bertz CT molecular complexity index is 379. The summed E-state index contributed by atoms with van der Waals surface area (Å²) in [6.07, 6.45) is 13.6. The molecule has 1 heteroatoms. The van der Waals surface area contributed by atoms with Gasteiger partial charge in [-0.15, -0.1) is 0 Å². The minimum Gasteiger partial charge on any atom is -0.299 e. The van der Waals surface area contributed by atoms with Gasteiger partial charge in [-0.1, -0.05) is 40.0 Å². The number of unbranched alkanes of at least 4 members (excludes halogenated alkanes) is 3. The van der Waals surface area contributed by atoms with Crippen molar-refractivity contribution in [3.05, 3.63) is 0 Å². The van der Waals surface area contributed by atoms with Crippen LogP contribution >= 0.6 is 0 Å². The molecule has 0 amide bonds. The Kier molecular flexibility index (Phi) is 3.54. The zero-order valence-corrected chi connectivity index (χ0v) is 13.8. The first-order valence-electron chi connectivity index (χ1n) is 8.92. The topological polar surface area (TPSA) is 17.1 Å². The van der Waals surface area contributed by atoms with Gasteiger partial charge in [-0.3, -0.25) is 4.79 Å². The van der Waals surface area contributed by atoms with Crippen molar-refractivity contribution in [2.24, 2.45) is 22.2 Å². The first kappa shape index (κ1) is 14.6. The van der Waals surface area contributed by atoms with Gasteiger partial charge in [-0.25, -0.2) is 0 Å². The lowest BCUT2D eigenvalue weighted by molar-refractivity contribution is -0.168. The first-order valence-corrected chi connectivity index (χ1v) is 8.92. The molecule has 4 bridgehead atoms. The highest BCUT2D eigenvalue weighted by Crippen LogP contribution is 2.69. The SMILES string of the molecule is CCCCCCC(=O)C12CC3CC(C)(CC(C)(C3)C1)C2. The molecule has 4 aliphatic carbocycles. The molecule has 0 aromatic rings. The number of carbonyl (C=O) groups excluding carboxylic acids is 1. The van der Waals surface area contributed by atoms with E-state index in [1.165, 1.54) is 57.8 Å². The Morgan fingerprint density at radius 3 is 2.15 bits per heavy atom. The Morgan fingerprint density at radius 2 is 1.60 bits per heavy atom. The summed E-state index contributed by atoms with van der Waals surface area (Å²) < 4.78 is 0. The predicted octanol–water partition coefficient (Wildman–Crippen LogP) is 5.52. The summed E-state index contributed by atoms with van der Waals surface area (Å²) in [7, 11) is 0. The minimum absolute atomic E-state index is 0.0924. The summed E-state index contributed by atoms with van der Waals surface area (Å²) in [6.45, 7) is 7.17. The quantitative estimate of drug-likeness (QED) is 0.583. The Balaban J connectivity index is 1.70. The van der Waals surface area contributed by atoms with Crippen molar-refractivity contribution in [2.45, 2.75) is 91.4 Å². The maximum absolute atomic E-state index is 12.9. The lowest BCUT2D eigenvalue weighted by Gasteiger charge is -2.64. The van der Waals surface area contributed by atoms with Gasteiger partial charge >= 0.3 is 0 Å². The molecule has 0 saturated heterocycles. The molecule has 1 nitrogen and oxygen atoms in total. The van der Waals surface area contributed by atoms with Crippen LogP contribution in [-0.4, -0.2) is 5.78 Å². The first-order chi connectivity index (χ1) is 9.39. The van der Waals surface area contributed by atoms with Gasteiger partial charge in [0, 0.05) is 11.8 Å². The van der Waals surface area contributed by atoms with Gasteiger partial charge in [0.2, 0.25) is 0 Å². The molecule has 0 radical (unpaired) electrons. The van der Waals surface area contributed by atoms with Gasteiger partial charge in [0.15, 0.2) is 0 Å². The van der Waals surface area contributed by atoms with Crippen LogP contribution < -0.4 is 0 Å². The van der Waals surface area contributed by atoms with Crippen LogP contribution in [0.2, 0.25) is 0 Å². The van der Waals surface area contributed by atoms with E-state index in [0.29, 0.717) is 16.6 Å². The Morgan fingerprint density at radius 1 is 0.950 bits per heavy atom. The van der Waals surface area contributed by atoms with Crippen LogP contribution in [0.25, 0.3) is 0 Å². The molecule has 20 heavy (non-hydrogen) atoms. The molecule has 4 rings (SSSR count). The molecular weight excluding hydrogens is 244 g/mol. The number of hydrogen-bond acceptors (Lipinski definition) is 1. The van der Waals surface area contributed by atoms with Gasteiger partial charge in [-0.2, -0.15) is 0 Å². The molecule has 2 unspecified atom stereocenters. The zero-order valence-electron chi connectivity index (χ0n) is 13.8. The molecule has 0 heterocycles. The molecule has 114 valence electrons. The summed E-state index contributed by atoms with van der Waals surface area (Å²) in [6, 6.07) is 0. The third-order valence-corrected chi connectivity index (χ3v) is 6.48. The summed E-state index contributed by atoms with van der Waals surface area (Å²) >= 11 is 0. The van der Waals surface area contributed by atoms with Crippen molar-refractivity contribution in [3.8, 4) is 0 Å². The third-order valence-electron chi connectivity index (χ3n) is 6.48. The second kappa shape index (κ2) is 4.85. The van der Waals surface area contributed by atoms with Crippen molar-refractivity contribution in [1.82, 2.24) is 0 Å². The zero-order chi connectivity index (χ0) is 14.4. The molecule has 0 aromatic carbocycles. The second-order valence-electron chi connectivity index (χ2n) is 9.14. The van der Waals surface area contributed by atoms with Crippen molar-refractivity contribution in [3.63, 3.8) is 0 Å². The van der Waals surface area contributed by atoms with Crippen molar-refractivity contribution < 1.29 is 4.79 Å². The number of hydrogen-bond donors (Lipinski definition) is 0. The average Bonchev–Trinajstić information content (AvgIpc) is 2.29. The van der Waals surface area contributed by atoms with Gasteiger partial charge in [-0.05, 0) is 61.7 Å². The normalized spacial score (nSPS) is 45.9. The standard InChI is InChI=1S/C19H32O/c1-4-5-6-7-8-16(20)19-11-15-9-17(2,13-19)12-18(3,10-15)14-19/h15H,4-14H2,1-3H3. The summed E-state index contributed by atoms with van der Waals surface area (Å²) in [5.74, 6) is 1.48. The van der Waals surface area contributed by atoms with E-state index in [-0.39, 0.29) is 5.41 Å². The maximum atomic E-state index is 12.9.